The molecule has 7 heteroatoms. The summed E-state index contributed by atoms with van der Waals surface area (Å²) >= 11 is 1.15. The smallest absolute Gasteiger partial charge is 0.271 e. The van der Waals surface area contributed by atoms with Crippen LogP contribution in [0.3, 0.4) is 0 Å². The predicted molar refractivity (Wildman–Crippen MR) is 98.8 cm³/mol. The Morgan fingerprint density at radius 3 is 2.58 bits per heavy atom. The number of aryl methyl sites for hydroxylation is 1. The van der Waals surface area contributed by atoms with E-state index in [-0.39, 0.29) is 24.0 Å². The van der Waals surface area contributed by atoms with E-state index < -0.39 is 5.91 Å². The molecule has 2 N–H and O–H groups in total. The van der Waals surface area contributed by atoms with Gasteiger partial charge in [-0.15, -0.1) is 11.3 Å². The number of carbonyl (C=O) groups is 2. The molecule has 0 bridgehead atoms. The molecule has 1 heterocycles. The van der Waals surface area contributed by atoms with Crippen molar-refractivity contribution in [2.45, 2.75) is 13.5 Å². The average Bonchev–Trinajstić information content (AvgIpc) is 3.09. The van der Waals surface area contributed by atoms with Crippen LogP contribution in [0.25, 0.3) is 0 Å². The number of nitrogens with one attached hydrogen (secondary N) is 2. The summed E-state index contributed by atoms with van der Waals surface area (Å²) < 4.78 is 13.6. The molecule has 2 amide bonds. The van der Waals surface area contributed by atoms with Gasteiger partial charge in [0.25, 0.3) is 11.8 Å². The highest BCUT2D eigenvalue weighted by atomic mass is 32.1. The average molecular weight is 369 g/mol. The van der Waals surface area contributed by atoms with Gasteiger partial charge in [-0.1, -0.05) is 36.4 Å². The number of halogens is 1. The topological polar surface area (TPSA) is 71.1 Å². The lowest BCUT2D eigenvalue weighted by atomic mass is 10.1. The third-order valence-electron chi connectivity index (χ3n) is 3.74. The molecule has 0 fully saturated rings. The predicted octanol–water partition coefficient (Wildman–Crippen LogP) is 3.77. The van der Waals surface area contributed by atoms with Gasteiger partial charge in [-0.25, -0.2) is 9.37 Å². The number of amides is 2. The molecule has 5 nitrogen and oxygen atoms in total. The van der Waals surface area contributed by atoms with Crippen molar-refractivity contribution in [3.8, 4) is 0 Å². The first-order valence-corrected chi connectivity index (χ1v) is 8.76. The number of benzene rings is 2. The molecule has 0 spiro atoms. The Balaban J connectivity index is 1.62. The first-order valence-electron chi connectivity index (χ1n) is 7.88. The van der Waals surface area contributed by atoms with Gasteiger partial charge in [0, 0.05) is 23.1 Å². The van der Waals surface area contributed by atoms with Crippen LogP contribution in [-0.4, -0.2) is 16.8 Å². The van der Waals surface area contributed by atoms with Gasteiger partial charge in [0.05, 0.1) is 0 Å². The maximum atomic E-state index is 13.6. The molecule has 0 radical (unpaired) electrons. The van der Waals surface area contributed by atoms with Crippen molar-refractivity contribution in [3.05, 3.63) is 82.1 Å². The first kappa shape index (κ1) is 17.8. The summed E-state index contributed by atoms with van der Waals surface area (Å²) in [4.78, 5) is 28.5. The van der Waals surface area contributed by atoms with E-state index in [1.54, 1.807) is 35.7 Å². The zero-order chi connectivity index (χ0) is 18.5. The normalized spacial score (nSPS) is 10.4. The molecule has 3 aromatic rings. The van der Waals surface area contributed by atoms with Crippen molar-refractivity contribution in [2.75, 3.05) is 5.32 Å². The second kappa shape index (κ2) is 7.88. The summed E-state index contributed by atoms with van der Waals surface area (Å²) in [6, 6.07) is 13.4. The van der Waals surface area contributed by atoms with E-state index >= 15 is 0 Å². The maximum absolute atomic E-state index is 13.6. The van der Waals surface area contributed by atoms with Crippen molar-refractivity contribution >= 4 is 28.3 Å². The molecule has 0 aliphatic heterocycles. The lowest BCUT2D eigenvalue weighted by Crippen LogP contribution is -2.23. The van der Waals surface area contributed by atoms with Gasteiger partial charge in [0.1, 0.15) is 11.5 Å². The van der Waals surface area contributed by atoms with E-state index in [1.165, 1.54) is 6.07 Å². The van der Waals surface area contributed by atoms with E-state index in [9.17, 15) is 14.0 Å². The third-order valence-corrected chi connectivity index (χ3v) is 4.50. The van der Waals surface area contributed by atoms with Crippen LogP contribution in [0.5, 0.6) is 0 Å². The van der Waals surface area contributed by atoms with Gasteiger partial charge in [0.15, 0.2) is 5.13 Å². The van der Waals surface area contributed by atoms with E-state index in [1.807, 2.05) is 19.1 Å². The van der Waals surface area contributed by atoms with Crippen molar-refractivity contribution in [1.82, 2.24) is 10.3 Å². The van der Waals surface area contributed by atoms with Crippen molar-refractivity contribution in [1.29, 1.82) is 0 Å². The number of nitrogens with zero attached hydrogens (tertiary/aromatic N) is 1. The van der Waals surface area contributed by atoms with Crippen LogP contribution in [0.15, 0.2) is 53.9 Å². The number of anilines is 1. The standard InChI is InChI=1S/C19H16FN3O2S/c1-12-6-2-4-8-14(12)17(24)23-19-22-16(11-26-19)18(25)21-10-13-7-3-5-9-15(13)20/h2-9,11H,10H2,1H3,(H,21,25)(H,22,23,24). The number of thiazole rings is 1. The van der Waals surface area contributed by atoms with Gasteiger partial charge >= 0.3 is 0 Å². The molecule has 0 atom stereocenters. The Labute approximate surface area is 153 Å². The third kappa shape index (κ3) is 4.12. The molecule has 0 aliphatic rings. The van der Waals surface area contributed by atoms with Gasteiger partial charge in [-0.3, -0.25) is 14.9 Å². The molecule has 0 saturated carbocycles. The number of hydrogen-bond donors (Lipinski definition) is 2. The highest BCUT2D eigenvalue weighted by Crippen LogP contribution is 2.18. The molecule has 132 valence electrons. The van der Waals surface area contributed by atoms with Crippen LogP contribution in [0.4, 0.5) is 9.52 Å². The van der Waals surface area contributed by atoms with Crippen LogP contribution in [0.1, 0.15) is 32.0 Å². The zero-order valence-corrected chi connectivity index (χ0v) is 14.8. The van der Waals surface area contributed by atoms with Crippen LogP contribution >= 0.6 is 11.3 Å². The number of aromatic nitrogens is 1. The highest BCUT2D eigenvalue weighted by molar-refractivity contribution is 7.14. The maximum Gasteiger partial charge on any atom is 0.271 e. The fraction of sp³-hybridized carbons (Fsp3) is 0.105. The Bertz CT molecular complexity index is 955. The Morgan fingerprint density at radius 2 is 1.81 bits per heavy atom. The summed E-state index contributed by atoms with van der Waals surface area (Å²) in [5.74, 6) is -1.09. The number of rotatable bonds is 5. The van der Waals surface area contributed by atoms with E-state index in [4.69, 9.17) is 0 Å². The number of hydrogen-bond acceptors (Lipinski definition) is 4. The fourth-order valence-electron chi connectivity index (χ4n) is 2.34. The highest BCUT2D eigenvalue weighted by Gasteiger charge is 2.14. The van der Waals surface area contributed by atoms with Crippen LogP contribution < -0.4 is 10.6 Å². The molecule has 0 unspecified atom stereocenters. The largest absolute Gasteiger partial charge is 0.346 e. The quantitative estimate of drug-likeness (QED) is 0.719. The van der Waals surface area contributed by atoms with E-state index in [2.05, 4.69) is 15.6 Å². The van der Waals surface area contributed by atoms with E-state index in [0.29, 0.717) is 16.3 Å². The second-order valence-corrected chi connectivity index (χ2v) is 6.44. The molecule has 1 aromatic heterocycles. The number of carbonyl (C=O) groups excluding carboxylic acids is 2. The van der Waals surface area contributed by atoms with Crippen LogP contribution in [0, 0.1) is 12.7 Å². The lowest BCUT2D eigenvalue weighted by Gasteiger charge is -2.05. The minimum Gasteiger partial charge on any atom is -0.346 e. The summed E-state index contributed by atoms with van der Waals surface area (Å²) in [5, 5.41) is 7.18. The Morgan fingerprint density at radius 1 is 1.08 bits per heavy atom. The zero-order valence-electron chi connectivity index (χ0n) is 14.0. The molecule has 2 aromatic carbocycles. The Kier molecular flexibility index (Phi) is 5.38. The summed E-state index contributed by atoms with van der Waals surface area (Å²) in [7, 11) is 0. The lowest BCUT2D eigenvalue weighted by molar-refractivity contribution is 0.0945. The van der Waals surface area contributed by atoms with Gasteiger partial charge < -0.3 is 5.32 Å². The summed E-state index contributed by atoms with van der Waals surface area (Å²) in [5.41, 5.74) is 1.97. The molecular formula is C19H16FN3O2S. The van der Waals surface area contributed by atoms with Crippen molar-refractivity contribution in [3.63, 3.8) is 0 Å². The van der Waals surface area contributed by atoms with Gasteiger partial charge in [0.2, 0.25) is 0 Å². The molecule has 0 aliphatic carbocycles. The van der Waals surface area contributed by atoms with Crippen LogP contribution in [-0.2, 0) is 6.54 Å². The first-order chi connectivity index (χ1) is 12.5. The Hall–Kier alpha value is -3.06. The molecule has 3 rings (SSSR count). The molecule has 26 heavy (non-hydrogen) atoms. The van der Waals surface area contributed by atoms with Gasteiger partial charge in [-0.2, -0.15) is 0 Å². The SMILES string of the molecule is Cc1ccccc1C(=O)Nc1nc(C(=O)NCc2ccccc2F)cs1. The molecule has 0 saturated heterocycles. The van der Waals surface area contributed by atoms with Crippen molar-refractivity contribution < 1.29 is 14.0 Å². The van der Waals surface area contributed by atoms with E-state index in [0.717, 1.165) is 16.9 Å². The second-order valence-electron chi connectivity index (χ2n) is 5.58. The molecular weight excluding hydrogens is 353 g/mol. The minimum atomic E-state index is -0.430. The fourth-order valence-corrected chi connectivity index (χ4v) is 3.02. The summed E-state index contributed by atoms with van der Waals surface area (Å²) in [6.45, 7) is 1.91. The van der Waals surface area contributed by atoms with Crippen molar-refractivity contribution in [2.24, 2.45) is 0 Å². The minimum absolute atomic E-state index is 0.0634. The van der Waals surface area contributed by atoms with Crippen LogP contribution in [0.2, 0.25) is 0 Å². The van der Waals surface area contributed by atoms with Gasteiger partial charge in [-0.05, 0) is 24.6 Å². The monoisotopic (exact) mass is 369 g/mol. The summed E-state index contributed by atoms with van der Waals surface area (Å²) in [6.07, 6.45) is 0.